The van der Waals surface area contributed by atoms with E-state index in [2.05, 4.69) is 31.2 Å². The van der Waals surface area contributed by atoms with Gasteiger partial charge in [-0.1, -0.05) is 0 Å². The molecule has 0 saturated heterocycles. The topological polar surface area (TPSA) is 68.0 Å². The third kappa shape index (κ3) is 4.05. The molecule has 0 aliphatic heterocycles. The molecule has 1 N–H and O–H groups in total. The first kappa shape index (κ1) is 17.2. The van der Waals surface area contributed by atoms with Gasteiger partial charge < -0.3 is 9.73 Å². The normalized spacial score (nSPS) is 11.4. The molecule has 0 unspecified atom stereocenters. The molecule has 1 amide bonds. The smallest absolute Gasteiger partial charge is 0.416 e. The summed E-state index contributed by atoms with van der Waals surface area (Å²) in [7, 11) is 0. The molecular formula is C16H9BrF3N3O2. The summed E-state index contributed by atoms with van der Waals surface area (Å²) in [6.07, 6.45) is -1.77. The van der Waals surface area contributed by atoms with Gasteiger partial charge in [0.05, 0.1) is 5.56 Å². The van der Waals surface area contributed by atoms with Crippen LogP contribution in [0.2, 0.25) is 0 Å². The molecule has 9 heteroatoms. The fourth-order valence-electron chi connectivity index (χ4n) is 1.94. The standard InChI is InChI=1S/C16H9BrF3N3O2/c17-11-5-6-13(21-7-11)23-14(24)12-8-25-15(22-12)9-1-3-10(4-2-9)16(18,19)20/h1-8H,(H,21,23,24). The number of oxazole rings is 1. The molecule has 5 nitrogen and oxygen atoms in total. The molecule has 0 bridgehead atoms. The number of alkyl halides is 3. The summed E-state index contributed by atoms with van der Waals surface area (Å²) in [5.74, 6) is -0.174. The molecule has 3 aromatic rings. The van der Waals surface area contributed by atoms with Crippen LogP contribution in [0.3, 0.4) is 0 Å². The number of amides is 1. The van der Waals surface area contributed by atoms with Gasteiger partial charge in [0.2, 0.25) is 5.89 Å². The lowest BCUT2D eigenvalue weighted by Crippen LogP contribution is -2.13. The molecule has 0 aliphatic carbocycles. The van der Waals surface area contributed by atoms with Crippen LogP contribution in [-0.2, 0) is 6.18 Å². The second-order valence-electron chi connectivity index (χ2n) is 4.93. The number of halogens is 4. The number of nitrogens with zero attached hydrogens (tertiary/aromatic N) is 2. The van der Waals surface area contributed by atoms with Crippen LogP contribution in [0.15, 0.2) is 57.7 Å². The third-order valence-electron chi connectivity index (χ3n) is 3.16. The van der Waals surface area contributed by atoms with Crippen LogP contribution in [0.5, 0.6) is 0 Å². The van der Waals surface area contributed by atoms with Crippen molar-refractivity contribution in [3.63, 3.8) is 0 Å². The second kappa shape index (κ2) is 6.67. The number of hydrogen-bond donors (Lipinski definition) is 1. The maximum Gasteiger partial charge on any atom is 0.416 e. The second-order valence-corrected chi connectivity index (χ2v) is 5.84. The van der Waals surface area contributed by atoms with Crippen LogP contribution < -0.4 is 5.32 Å². The highest BCUT2D eigenvalue weighted by Gasteiger charge is 2.30. The Morgan fingerprint density at radius 1 is 1.12 bits per heavy atom. The summed E-state index contributed by atoms with van der Waals surface area (Å²) in [5, 5.41) is 2.54. The van der Waals surface area contributed by atoms with Gasteiger partial charge in [0.1, 0.15) is 12.1 Å². The Morgan fingerprint density at radius 2 is 1.84 bits per heavy atom. The van der Waals surface area contributed by atoms with E-state index in [4.69, 9.17) is 4.42 Å². The summed E-state index contributed by atoms with van der Waals surface area (Å²) < 4.78 is 43.6. The van der Waals surface area contributed by atoms with Crippen LogP contribution in [0.25, 0.3) is 11.5 Å². The molecule has 2 heterocycles. The Labute approximate surface area is 148 Å². The molecule has 2 aromatic heterocycles. The van der Waals surface area contributed by atoms with Crippen molar-refractivity contribution in [3.8, 4) is 11.5 Å². The van der Waals surface area contributed by atoms with Gasteiger partial charge in [0, 0.05) is 16.2 Å². The zero-order valence-corrected chi connectivity index (χ0v) is 13.9. The Morgan fingerprint density at radius 3 is 2.44 bits per heavy atom. The first-order chi connectivity index (χ1) is 11.8. The molecule has 3 rings (SSSR count). The minimum absolute atomic E-state index is 0.0142. The molecule has 128 valence electrons. The number of pyridine rings is 1. The third-order valence-corrected chi connectivity index (χ3v) is 3.63. The first-order valence-electron chi connectivity index (χ1n) is 6.89. The van der Waals surface area contributed by atoms with Gasteiger partial charge in [-0.25, -0.2) is 9.97 Å². The first-order valence-corrected chi connectivity index (χ1v) is 7.68. The van der Waals surface area contributed by atoms with Gasteiger partial charge in [-0.05, 0) is 52.3 Å². The van der Waals surface area contributed by atoms with Gasteiger partial charge in [0.25, 0.3) is 5.91 Å². The highest BCUT2D eigenvalue weighted by molar-refractivity contribution is 9.10. The van der Waals surface area contributed by atoms with Crippen molar-refractivity contribution >= 4 is 27.7 Å². The Hall–Kier alpha value is -2.68. The largest absolute Gasteiger partial charge is 0.444 e. The summed E-state index contributed by atoms with van der Waals surface area (Å²) >= 11 is 3.23. The molecule has 0 radical (unpaired) electrons. The fourth-order valence-corrected chi connectivity index (χ4v) is 2.18. The van der Waals surface area contributed by atoms with Gasteiger partial charge >= 0.3 is 6.18 Å². The van der Waals surface area contributed by atoms with Crippen molar-refractivity contribution < 1.29 is 22.4 Å². The Kier molecular flexibility index (Phi) is 4.58. The van der Waals surface area contributed by atoms with Gasteiger partial charge in [-0.3, -0.25) is 4.79 Å². The van der Waals surface area contributed by atoms with E-state index in [1.807, 2.05) is 0 Å². The summed E-state index contributed by atoms with van der Waals surface area (Å²) in [6.45, 7) is 0. The minimum Gasteiger partial charge on any atom is -0.444 e. The van der Waals surface area contributed by atoms with Crippen LogP contribution in [-0.4, -0.2) is 15.9 Å². The average Bonchev–Trinajstić information content (AvgIpc) is 3.06. The summed E-state index contributed by atoms with van der Waals surface area (Å²) in [5.41, 5.74) is -0.462. The number of carbonyl (C=O) groups excluding carboxylic acids is 1. The molecule has 0 saturated carbocycles. The van der Waals surface area contributed by atoms with Gasteiger partial charge in [-0.15, -0.1) is 0 Å². The predicted octanol–water partition coefficient (Wildman–Crippen LogP) is 4.77. The van der Waals surface area contributed by atoms with Crippen LogP contribution in [0.1, 0.15) is 16.1 Å². The fraction of sp³-hybridized carbons (Fsp3) is 0.0625. The van der Waals surface area contributed by atoms with E-state index < -0.39 is 17.6 Å². The van der Waals surface area contributed by atoms with Crippen LogP contribution in [0.4, 0.5) is 19.0 Å². The highest BCUT2D eigenvalue weighted by atomic mass is 79.9. The Balaban J connectivity index is 1.75. The minimum atomic E-state index is -4.42. The van der Waals surface area contributed by atoms with E-state index in [0.29, 0.717) is 11.4 Å². The lowest BCUT2D eigenvalue weighted by Gasteiger charge is -2.06. The van der Waals surface area contributed by atoms with Gasteiger partial charge in [-0.2, -0.15) is 13.2 Å². The lowest BCUT2D eigenvalue weighted by molar-refractivity contribution is -0.137. The van der Waals surface area contributed by atoms with E-state index in [1.165, 1.54) is 18.3 Å². The van der Waals surface area contributed by atoms with E-state index in [0.717, 1.165) is 22.9 Å². The summed E-state index contributed by atoms with van der Waals surface area (Å²) in [4.78, 5) is 20.1. The van der Waals surface area contributed by atoms with E-state index in [1.54, 1.807) is 12.1 Å². The van der Waals surface area contributed by atoms with E-state index in [-0.39, 0.29) is 11.6 Å². The average molecular weight is 412 g/mol. The zero-order chi connectivity index (χ0) is 18.0. The van der Waals surface area contributed by atoms with Crippen molar-refractivity contribution in [3.05, 3.63) is 64.6 Å². The summed E-state index contributed by atoms with van der Waals surface area (Å²) in [6, 6.07) is 7.60. The molecule has 0 spiro atoms. The highest BCUT2D eigenvalue weighted by Crippen LogP contribution is 2.30. The maximum atomic E-state index is 12.6. The number of aromatic nitrogens is 2. The van der Waals surface area contributed by atoms with Crippen molar-refractivity contribution in [1.29, 1.82) is 0 Å². The molecule has 0 aliphatic rings. The van der Waals surface area contributed by atoms with E-state index in [9.17, 15) is 18.0 Å². The van der Waals surface area contributed by atoms with Crippen molar-refractivity contribution in [2.45, 2.75) is 6.18 Å². The van der Waals surface area contributed by atoms with Crippen molar-refractivity contribution in [2.24, 2.45) is 0 Å². The molecular weight excluding hydrogens is 403 g/mol. The number of hydrogen-bond acceptors (Lipinski definition) is 4. The monoisotopic (exact) mass is 411 g/mol. The molecule has 0 atom stereocenters. The maximum absolute atomic E-state index is 12.6. The van der Waals surface area contributed by atoms with Crippen LogP contribution >= 0.6 is 15.9 Å². The molecule has 1 aromatic carbocycles. The number of carbonyl (C=O) groups is 1. The number of nitrogens with one attached hydrogen (secondary N) is 1. The van der Waals surface area contributed by atoms with Crippen molar-refractivity contribution in [1.82, 2.24) is 9.97 Å². The van der Waals surface area contributed by atoms with Crippen LogP contribution in [0, 0.1) is 0 Å². The molecule has 0 fully saturated rings. The zero-order valence-electron chi connectivity index (χ0n) is 12.3. The number of anilines is 1. The quantitative estimate of drug-likeness (QED) is 0.673. The lowest BCUT2D eigenvalue weighted by atomic mass is 10.1. The van der Waals surface area contributed by atoms with E-state index >= 15 is 0 Å². The van der Waals surface area contributed by atoms with Gasteiger partial charge in [0.15, 0.2) is 5.69 Å². The van der Waals surface area contributed by atoms with Crippen molar-refractivity contribution in [2.75, 3.05) is 5.32 Å². The molecule has 25 heavy (non-hydrogen) atoms. The number of rotatable bonds is 3. The number of benzene rings is 1. The Bertz CT molecular complexity index is 890. The predicted molar refractivity (Wildman–Crippen MR) is 86.8 cm³/mol. The SMILES string of the molecule is O=C(Nc1ccc(Br)cn1)c1coc(-c2ccc(C(F)(F)F)cc2)n1.